The second-order valence-corrected chi connectivity index (χ2v) is 15.2. The van der Waals surface area contributed by atoms with Crippen molar-refractivity contribution in [3.05, 3.63) is 129 Å². The summed E-state index contributed by atoms with van der Waals surface area (Å²) in [7, 11) is -4.23. The van der Waals surface area contributed by atoms with E-state index in [1.807, 2.05) is 56.3 Å². The molecule has 0 saturated heterocycles. The summed E-state index contributed by atoms with van der Waals surface area (Å²) in [4.78, 5) is 30.4. The van der Waals surface area contributed by atoms with Crippen LogP contribution in [0.4, 0.5) is 5.69 Å². The Morgan fingerprint density at radius 1 is 0.792 bits per heavy atom. The summed E-state index contributed by atoms with van der Waals surface area (Å²) in [5.41, 5.74) is 3.80. The molecule has 0 aromatic heterocycles. The normalized spacial score (nSPS) is 14.2. The van der Waals surface area contributed by atoms with Crippen LogP contribution < -0.4 is 9.62 Å². The molecule has 0 unspecified atom stereocenters. The monoisotopic (exact) mass is 705 g/mol. The van der Waals surface area contributed by atoms with Crippen molar-refractivity contribution < 1.29 is 18.0 Å². The van der Waals surface area contributed by atoms with Gasteiger partial charge >= 0.3 is 0 Å². The van der Waals surface area contributed by atoms with Crippen LogP contribution in [0.5, 0.6) is 0 Å². The highest BCUT2D eigenvalue weighted by atomic mass is 35.5. The van der Waals surface area contributed by atoms with Gasteiger partial charge in [-0.05, 0) is 97.5 Å². The molecule has 10 heteroatoms. The maximum absolute atomic E-state index is 14.7. The van der Waals surface area contributed by atoms with E-state index in [1.54, 1.807) is 30.3 Å². The molecule has 2 amide bonds. The first-order valence-electron chi connectivity index (χ1n) is 16.2. The van der Waals surface area contributed by atoms with Crippen LogP contribution in [0.3, 0.4) is 0 Å². The van der Waals surface area contributed by atoms with E-state index in [9.17, 15) is 18.0 Å². The zero-order chi connectivity index (χ0) is 34.3. The Labute approximate surface area is 293 Å². The third-order valence-electron chi connectivity index (χ3n) is 8.92. The molecule has 4 aromatic rings. The SMILES string of the molecule is Cc1ccc(N(CC(=O)N(Cc2cccc(Cl)c2)[C@@H](Cc2ccccc2)C(=O)NC2CCCCC2)S(=O)(=O)c2ccc(Cl)cc2)cc1C. The fourth-order valence-electron chi connectivity index (χ4n) is 6.07. The molecule has 1 aliphatic rings. The zero-order valence-corrected chi connectivity index (χ0v) is 29.6. The minimum Gasteiger partial charge on any atom is -0.352 e. The van der Waals surface area contributed by atoms with Crippen molar-refractivity contribution in [3.8, 4) is 0 Å². The Morgan fingerprint density at radius 3 is 2.15 bits per heavy atom. The van der Waals surface area contributed by atoms with Crippen LogP contribution in [0.15, 0.2) is 102 Å². The van der Waals surface area contributed by atoms with Crippen molar-refractivity contribution in [1.82, 2.24) is 10.2 Å². The number of amides is 2. The van der Waals surface area contributed by atoms with Gasteiger partial charge in [-0.3, -0.25) is 13.9 Å². The summed E-state index contributed by atoms with van der Waals surface area (Å²) in [5, 5.41) is 4.11. The molecule has 48 heavy (non-hydrogen) atoms. The molecule has 4 aromatic carbocycles. The third-order valence-corrected chi connectivity index (χ3v) is 11.2. The van der Waals surface area contributed by atoms with Gasteiger partial charge in [0.2, 0.25) is 11.8 Å². The van der Waals surface area contributed by atoms with Crippen LogP contribution in [0.1, 0.15) is 54.4 Å². The molecule has 7 nitrogen and oxygen atoms in total. The lowest BCUT2D eigenvalue weighted by molar-refractivity contribution is -0.140. The number of halogens is 2. The molecule has 252 valence electrons. The highest BCUT2D eigenvalue weighted by Gasteiger charge is 2.35. The van der Waals surface area contributed by atoms with Gasteiger partial charge in [-0.2, -0.15) is 0 Å². The summed E-state index contributed by atoms with van der Waals surface area (Å²) >= 11 is 12.5. The van der Waals surface area contributed by atoms with Crippen molar-refractivity contribution in [2.24, 2.45) is 0 Å². The first-order valence-corrected chi connectivity index (χ1v) is 18.4. The van der Waals surface area contributed by atoms with E-state index in [0.717, 1.165) is 58.7 Å². The molecule has 1 fully saturated rings. The molecule has 1 atom stereocenters. The van der Waals surface area contributed by atoms with E-state index < -0.39 is 28.5 Å². The van der Waals surface area contributed by atoms with E-state index in [-0.39, 0.29) is 29.8 Å². The fourth-order valence-corrected chi connectivity index (χ4v) is 7.82. The Hall–Kier alpha value is -3.85. The first kappa shape index (κ1) is 35.5. The van der Waals surface area contributed by atoms with Gasteiger partial charge in [-0.25, -0.2) is 8.42 Å². The molecule has 1 N–H and O–H groups in total. The number of carbonyl (C=O) groups excluding carboxylic acids is 2. The third kappa shape index (κ3) is 8.98. The predicted octanol–water partition coefficient (Wildman–Crippen LogP) is 7.89. The topological polar surface area (TPSA) is 86.8 Å². The largest absolute Gasteiger partial charge is 0.352 e. The van der Waals surface area contributed by atoms with Crippen molar-refractivity contribution in [2.45, 2.75) is 75.9 Å². The van der Waals surface area contributed by atoms with Crippen molar-refractivity contribution in [2.75, 3.05) is 10.8 Å². The minimum absolute atomic E-state index is 0.00445. The van der Waals surface area contributed by atoms with Crippen molar-refractivity contribution in [3.63, 3.8) is 0 Å². The molecule has 1 aliphatic carbocycles. The molecule has 1 saturated carbocycles. The maximum atomic E-state index is 14.7. The molecule has 0 bridgehead atoms. The van der Waals surface area contributed by atoms with Gasteiger partial charge < -0.3 is 10.2 Å². The van der Waals surface area contributed by atoms with Crippen LogP contribution in [0, 0.1) is 13.8 Å². The van der Waals surface area contributed by atoms with Gasteiger partial charge in [-0.15, -0.1) is 0 Å². The van der Waals surface area contributed by atoms with Gasteiger partial charge in [0.15, 0.2) is 0 Å². The van der Waals surface area contributed by atoms with E-state index in [0.29, 0.717) is 15.7 Å². The number of benzene rings is 4. The molecular weight excluding hydrogens is 665 g/mol. The first-order chi connectivity index (χ1) is 23.0. The Bertz CT molecular complexity index is 1830. The number of anilines is 1. The molecule has 0 aliphatic heterocycles. The number of hydrogen-bond acceptors (Lipinski definition) is 4. The second-order valence-electron chi connectivity index (χ2n) is 12.4. The smallest absolute Gasteiger partial charge is 0.264 e. The zero-order valence-electron chi connectivity index (χ0n) is 27.2. The highest BCUT2D eigenvalue weighted by molar-refractivity contribution is 7.92. The number of nitrogens with zero attached hydrogens (tertiary/aromatic N) is 2. The van der Waals surface area contributed by atoms with Crippen LogP contribution in [0.25, 0.3) is 0 Å². The molecule has 0 spiro atoms. The number of sulfonamides is 1. The lowest BCUT2D eigenvalue weighted by atomic mass is 9.94. The lowest BCUT2D eigenvalue weighted by Gasteiger charge is -2.35. The molecule has 0 heterocycles. The van der Waals surface area contributed by atoms with E-state index in [1.165, 1.54) is 29.2 Å². The van der Waals surface area contributed by atoms with E-state index >= 15 is 0 Å². The van der Waals surface area contributed by atoms with Gasteiger partial charge in [0.1, 0.15) is 12.6 Å². The molecule has 5 rings (SSSR count). The quantitative estimate of drug-likeness (QED) is 0.162. The van der Waals surface area contributed by atoms with Gasteiger partial charge in [0.25, 0.3) is 10.0 Å². The van der Waals surface area contributed by atoms with Crippen molar-refractivity contribution in [1.29, 1.82) is 0 Å². The Morgan fingerprint density at radius 2 is 1.48 bits per heavy atom. The van der Waals surface area contributed by atoms with Crippen LogP contribution in [-0.2, 0) is 32.6 Å². The summed E-state index contributed by atoms with van der Waals surface area (Å²) in [5.74, 6) is -0.787. The van der Waals surface area contributed by atoms with Gasteiger partial charge in [0, 0.05) is 29.1 Å². The van der Waals surface area contributed by atoms with E-state index in [4.69, 9.17) is 23.2 Å². The Balaban J connectivity index is 1.58. The van der Waals surface area contributed by atoms with Gasteiger partial charge in [0.05, 0.1) is 10.6 Å². The van der Waals surface area contributed by atoms with Crippen LogP contribution >= 0.6 is 23.2 Å². The fraction of sp³-hybridized carbons (Fsp3) is 0.316. The summed E-state index contributed by atoms with van der Waals surface area (Å²) in [6.45, 7) is 3.35. The Kier molecular flexibility index (Phi) is 11.8. The minimum atomic E-state index is -4.23. The predicted molar refractivity (Wildman–Crippen MR) is 193 cm³/mol. The highest BCUT2D eigenvalue weighted by Crippen LogP contribution is 2.28. The standard InChI is InChI=1S/C38H41Cl2N3O4S/c1-27-16-19-34(22-28(27)2)43(48(46,47)35-20-17-31(39)18-21-35)26-37(44)42(25-30-12-9-13-32(40)23-30)36(24-29-10-5-3-6-11-29)38(45)41-33-14-7-4-8-15-33/h3,5-6,9-13,16-23,33,36H,4,7-8,14-15,24-26H2,1-2H3,(H,41,45)/t36-/m0/s1. The molecule has 0 radical (unpaired) electrons. The maximum Gasteiger partial charge on any atom is 0.264 e. The summed E-state index contributed by atoms with van der Waals surface area (Å²) in [6, 6.07) is 26.9. The lowest BCUT2D eigenvalue weighted by Crippen LogP contribution is -2.55. The number of aryl methyl sites for hydroxylation is 2. The van der Waals surface area contributed by atoms with Crippen molar-refractivity contribution >= 4 is 50.7 Å². The van der Waals surface area contributed by atoms with Crippen LogP contribution in [0.2, 0.25) is 10.0 Å². The second kappa shape index (κ2) is 16.0. The average Bonchev–Trinajstić information content (AvgIpc) is 3.07. The number of carbonyl (C=O) groups is 2. The van der Waals surface area contributed by atoms with Gasteiger partial charge in [-0.1, -0.05) is 91.0 Å². The number of nitrogens with one attached hydrogen (secondary N) is 1. The summed E-state index contributed by atoms with van der Waals surface area (Å²) in [6.07, 6.45) is 5.21. The molecular formula is C38H41Cl2N3O4S. The van der Waals surface area contributed by atoms with E-state index in [2.05, 4.69) is 5.32 Å². The average molecular weight is 707 g/mol. The number of hydrogen-bond donors (Lipinski definition) is 1. The summed E-state index contributed by atoms with van der Waals surface area (Å²) < 4.78 is 29.7. The number of rotatable bonds is 12. The van der Waals surface area contributed by atoms with Crippen LogP contribution in [-0.4, -0.2) is 43.8 Å².